The standard InChI is InChI=1S/C12H15ClO3/c13-10-1-2-12(9(7-10)8-14)16-11-3-5-15-6-4-11/h1-2,7,11,14H,3-6,8H2. The lowest BCUT2D eigenvalue weighted by Crippen LogP contribution is -2.26. The van der Waals surface area contributed by atoms with E-state index >= 15 is 0 Å². The maximum atomic E-state index is 9.21. The predicted octanol–water partition coefficient (Wildman–Crippen LogP) is 2.39. The quantitative estimate of drug-likeness (QED) is 0.885. The van der Waals surface area contributed by atoms with Crippen molar-refractivity contribution in [1.82, 2.24) is 0 Å². The van der Waals surface area contributed by atoms with E-state index in [9.17, 15) is 5.11 Å². The average molecular weight is 243 g/mol. The van der Waals surface area contributed by atoms with Crippen molar-refractivity contribution in [2.45, 2.75) is 25.6 Å². The number of benzene rings is 1. The van der Waals surface area contributed by atoms with Crippen LogP contribution in [0, 0.1) is 0 Å². The average Bonchev–Trinajstić information content (AvgIpc) is 2.33. The lowest BCUT2D eigenvalue weighted by molar-refractivity contribution is 0.0247. The summed E-state index contributed by atoms with van der Waals surface area (Å²) in [5.74, 6) is 0.721. The van der Waals surface area contributed by atoms with Gasteiger partial charge in [-0.15, -0.1) is 0 Å². The van der Waals surface area contributed by atoms with E-state index < -0.39 is 0 Å². The van der Waals surface area contributed by atoms with Crippen molar-refractivity contribution in [3.8, 4) is 5.75 Å². The van der Waals surface area contributed by atoms with Gasteiger partial charge in [0.25, 0.3) is 0 Å². The topological polar surface area (TPSA) is 38.7 Å². The predicted molar refractivity (Wildman–Crippen MR) is 61.8 cm³/mol. The normalized spacial score (nSPS) is 17.4. The Morgan fingerprint density at radius 2 is 2.12 bits per heavy atom. The monoisotopic (exact) mass is 242 g/mol. The third-order valence-electron chi connectivity index (χ3n) is 2.65. The fourth-order valence-electron chi connectivity index (χ4n) is 1.76. The first-order chi connectivity index (χ1) is 7.79. The molecule has 0 aromatic heterocycles. The highest BCUT2D eigenvalue weighted by Gasteiger charge is 2.16. The van der Waals surface area contributed by atoms with Crippen LogP contribution in [-0.4, -0.2) is 24.4 Å². The molecule has 0 atom stereocenters. The molecule has 88 valence electrons. The third kappa shape index (κ3) is 2.88. The van der Waals surface area contributed by atoms with Crippen LogP contribution in [-0.2, 0) is 11.3 Å². The molecule has 0 saturated carbocycles. The van der Waals surface area contributed by atoms with Crippen LogP contribution in [0.3, 0.4) is 0 Å². The van der Waals surface area contributed by atoms with Crippen LogP contribution in [0.1, 0.15) is 18.4 Å². The van der Waals surface area contributed by atoms with Gasteiger partial charge in [-0.2, -0.15) is 0 Å². The highest BCUT2D eigenvalue weighted by atomic mass is 35.5. The summed E-state index contributed by atoms with van der Waals surface area (Å²) in [6.07, 6.45) is 1.97. The van der Waals surface area contributed by atoms with E-state index in [1.807, 2.05) is 6.07 Å². The second-order valence-corrected chi connectivity index (χ2v) is 4.28. The van der Waals surface area contributed by atoms with Gasteiger partial charge >= 0.3 is 0 Å². The van der Waals surface area contributed by atoms with E-state index in [1.54, 1.807) is 12.1 Å². The summed E-state index contributed by atoms with van der Waals surface area (Å²) in [6, 6.07) is 5.31. The largest absolute Gasteiger partial charge is 0.490 e. The molecule has 1 fully saturated rings. The molecule has 1 aliphatic heterocycles. The third-order valence-corrected chi connectivity index (χ3v) is 2.89. The number of ether oxygens (including phenoxy) is 2. The van der Waals surface area contributed by atoms with Crippen molar-refractivity contribution in [2.75, 3.05) is 13.2 Å². The molecule has 0 spiro atoms. The van der Waals surface area contributed by atoms with Crippen molar-refractivity contribution in [3.05, 3.63) is 28.8 Å². The lowest BCUT2D eigenvalue weighted by atomic mass is 10.1. The Balaban J connectivity index is 2.07. The van der Waals surface area contributed by atoms with E-state index in [2.05, 4.69) is 0 Å². The van der Waals surface area contributed by atoms with Crippen LogP contribution in [0.15, 0.2) is 18.2 Å². The van der Waals surface area contributed by atoms with Gasteiger partial charge in [0.05, 0.1) is 19.8 Å². The number of aliphatic hydroxyl groups is 1. The van der Waals surface area contributed by atoms with Crippen molar-refractivity contribution in [1.29, 1.82) is 0 Å². The zero-order valence-corrected chi connectivity index (χ0v) is 9.74. The van der Waals surface area contributed by atoms with E-state index in [0.717, 1.165) is 37.4 Å². The van der Waals surface area contributed by atoms with Crippen LogP contribution >= 0.6 is 11.6 Å². The van der Waals surface area contributed by atoms with Crippen molar-refractivity contribution >= 4 is 11.6 Å². The molecule has 1 N–H and O–H groups in total. The van der Waals surface area contributed by atoms with Gasteiger partial charge in [-0.3, -0.25) is 0 Å². The summed E-state index contributed by atoms with van der Waals surface area (Å²) in [6.45, 7) is 1.43. The Labute approximate surface area is 99.9 Å². The summed E-state index contributed by atoms with van der Waals surface area (Å²) in [7, 11) is 0. The SMILES string of the molecule is OCc1cc(Cl)ccc1OC1CCOCC1. The molecule has 1 aromatic rings. The van der Waals surface area contributed by atoms with Gasteiger partial charge in [0.2, 0.25) is 0 Å². The second kappa shape index (κ2) is 5.53. The Bertz CT molecular complexity index is 348. The van der Waals surface area contributed by atoms with Gasteiger partial charge in [-0.05, 0) is 18.2 Å². The fourth-order valence-corrected chi connectivity index (χ4v) is 1.95. The molecular formula is C12H15ClO3. The van der Waals surface area contributed by atoms with Crippen molar-refractivity contribution < 1.29 is 14.6 Å². The number of rotatable bonds is 3. The Morgan fingerprint density at radius 3 is 2.81 bits per heavy atom. The summed E-state index contributed by atoms with van der Waals surface area (Å²) in [5.41, 5.74) is 0.735. The molecule has 1 aliphatic rings. The number of hydrogen-bond donors (Lipinski definition) is 1. The molecule has 16 heavy (non-hydrogen) atoms. The first-order valence-electron chi connectivity index (χ1n) is 5.43. The Morgan fingerprint density at radius 1 is 1.38 bits per heavy atom. The molecule has 0 amide bonds. The molecular weight excluding hydrogens is 228 g/mol. The van der Waals surface area contributed by atoms with Crippen LogP contribution in [0.25, 0.3) is 0 Å². The van der Waals surface area contributed by atoms with E-state index in [-0.39, 0.29) is 12.7 Å². The van der Waals surface area contributed by atoms with Crippen molar-refractivity contribution in [3.63, 3.8) is 0 Å². The molecule has 1 heterocycles. The maximum absolute atomic E-state index is 9.21. The van der Waals surface area contributed by atoms with Gasteiger partial charge in [0.1, 0.15) is 11.9 Å². The van der Waals surface area contributed by atoms with Crippen LogP contribution in [0.5, 0.6) is 5.75 Å². The smallest absolute Gasteiger partial charge is 0.125 e. The molecule has 4 heteroatoms. The van der Waals surface area contributed by atoms with Gasteiger partial charge in [-0.1, -0.05) is 11.6 Å². The molecule has 0 bridgehead atoms. The molecule has 2 rings (SSSR count). The molecule has 0 unspecified atom stereocenters. The summed E-state index contributed by atoms with van der Waals surface area (Å²) in [5, 5.41) is 9.82. The van der Waals surface area contributed by atoms with E-state index in [4.69, 9.17) is 21.1 Å². The van der Waals surface area contributed by atoms with Crippen LogP contribution in [0.4, 0.5) is 0 Å². The zero-order chi connectivity index (χ0) is 11.4. The minimum absolute atomic E-state index is 0.0564. The summed E-state index contributed by atoms with van der Waals surface area (Å²) in [4.78, 5) is 0. The van der Waals surface area contributed by atoms with Gasteiger partial charge in [0, 0.05) is 23.4 Å². The van der Waals surface area contributed by atoms with E-state index in [0.29, 0.717) is 5.02 Å². The fraction of sp³-hybridized carbons (Fsp3) is 0.500. The molecule has 0 aliphatic carbocycles. The minimum atomic E-state index is -0.0564. The Kier molecular flexibility index (Phi) is 4.04. The number of halogens is 1. The molecule has 3 nitrogen and oxygen atoms in total. The maximum Gasteiger partial charge on any atom is 0.125 e. The summed E-state index contributed by atoms with van der Waals surface area (Å²) >= 11 is 5.85. The van der Waals surface area contributed by atoms with Crippen LogP contribution < -0.4 is 4.74 Å². The van der Waals surface area contributed by atoms with Crippen molar-refractivity contribution in [2.24, 2.45) is 0 Å². The lowest BCUT2D eigenvalue weighted by Gasteiger charge is -2.24. The first-order valence-corrected chi connectivity index (χ1v) is 5.81. The van der Waals surface area contributed by atoms with Gasteiger partial charge in [0.15, 0.2) is 0 Å². The molecule has 1 aromatic carbocycles. The Hall–Kier alpha value is -0.770. The van der Waals surface area contributed by atoms with Gasteiger partial charge < -0.3 is 14.6 Å². The first kappa shape index (κ1) is 11.7. The zero-order valence-electron chi connectivity index (χ0n) is 8.99. The van der Waals surface area contributed by atoms with Gasteiger partial charge in [-0.25, -0.2) is 0 Å². The van der Waals surface area contributed by atoms with E-state index in [1.165, 1.54) is 0 Å². The molecule has 1 saturated heterocycles. The van der Waals surface area contributed by atoms with Crippen LogP contribution in [0.2, 0.25) is 5.02 Å². The highest BCUT2D eigenvalue weighted by molar-refractivity contribution is 6.30. The second-order valence-electron chi connectivity index (χ2n) is 3.84. The number of hydrogen-bond acceptors (Lipinski definition) is 3. The summed E-state index contributed by atoms with van der Waals surface area (Å²) < 4.78 is 11.1. The molecule has 0 radical (unpaired) electrons. The minimum Gasteiger partial charge on any atom is -0.490 e. The highest BCUT2D eigenvalue weighted by Crippen LogP contribution is 2.25. The number of aliphatic hydroxyl groups excluding tert-OH is 1.